The van der Waals surface area contributed by atoms with Crippen molar-refractivity contribution in [3.05, 3.63) is 72.3 Å². The van der Waals surface area contributed by atoms with Crippen LogP contribution in [0.5, 0.6) is 5.75 Å². The van der Waals surface area contributed by atoms with Crippen LogP contribution in [0.15, 0.2) is 60.9 Å². The van der Waals surface area contributed by atoms with Crippen LogP contribution >= 0.6 is 0 Å². The number of Topliss-reactive ketones (excluding diaryl/α,β-unsaturated/α-hetero) is 1. The first-order chi connectivity index (χ1) is 14.8. The second kappa shape index (κ2) is 7.91. The summed E-state index contributed by atoms with van der Waals surface area (Å²) in [6.45, 7) is 5.42. The lowest BCUT2D eigenvalue weighted by Crippen LogP contribution is -2.46. The molecule has 0 bridgehead atoms. The molecule has 0 saturated carbocycles. The third kappa shape index (κ3) is 4.03. The Morgan fingerprint density at radius 3 is 2.45 bits per heavy atom. The largest absolute Gasteiger partial charge is 0.497 e. The number of para-hydroxylation sites is 1. The topological polar surface area (TPSA) is 73.7 Å². The van der Waals surface area contributed by atoms with Crippen LogP contribution in [0.2, 0.25) is 0 Å². The Hall–Kier alpha value is -3.61. The van der Waals surface area contributed by atoms with Crippen molar-refractivity contribution < 1.29 is 19.1 Å². The number of carbonyl (C=O) groups is 2. The number of aromatic nitrogens is 2. The van der Waals surface area contributed by atoms with Crippen molar-refractivity contribution in [1.29, 1.82) is 0 Å². The van der Waals surface area contributed by atoms with E-state index >= 15 is 0 Å². The number of amides is 1. The van der Waals surface area contributed by atoms with E-state index in [2.05, 4.69) is 4.98 Å². The summed E-state index contributed by atoms with van der Waals surface area (Å²) in [4.78, 5) is 32.4. The third-order valence-electron chi connectivity index (χ3n) is 5.08. The zero-order chi connectivity index (χ0) is 22.2. The molecule has 3 aromatic rings. The Bertz CT molecular complexity index is 1110. The van der Waals surface area contributed by atoms with E-state index < -0.39 is 17.7 Å². The van der Waals surface area contributed by atoms with E-state index in [4.69, 9.17) is 9.47 Å². The summed E-state index contributed by atoms with van der Waals surface area (Å²) >= 11 is 0. The number of carbonyl (C=O) groups excluding carboxylic acids is 2. The van der Waals surface area contributed by atoms with Crippen molar-refractivity contribution in [3.8, 4) is 11.4 Å². The summed E-state index contributed by atoms with van der Waals surface area (Å²) in [6.07, 6.45) is 3.18. The SMILES string of the molecule is COc1ccc(-n2ccnc2C(=O)C2Cc3ccccc3N2C(=O)OC(C)(C)C)cc1. The Morgan fingerprint density at radius 1 is 1.06 bits per heavy atom. The molecule has 0 saturated heterocycles. The predicted molar refractivity (Wildman–Crippen MR) is 117 cm³/mol. The van der Waals surface area contributed by atoms with Gasteiger partial charge in [0, 0.05) is 24.5 Å². The molecule has 1 aliphatic rings. The number of nitrogens with zero attached hydrogens (tertiary/aromatic N) is 3. The molecule has 7 heteroatoms. The number of hydrogen-bond acceptors (Lipinski definition) is 5. The zero-order valence-corrected chi connectivity index (χ0v) is 18.0. The summed E-state index contributed by atoms with van der Waals surface area (Å²) in [5.74, 6) is 0.735. The molecule has 7 nitrogen and oxygen atoms in total. The lowest BCUT2D eigenvalue weighted by molar-refractivity contribution is 0.0558. The van der Waals surface area contributed by atoms with Gasteiger partial charge in [0.1, 0.15) is 17.4 Å². The fourth-order valence-corrected chi connectivity index (χ4v) is 3.72. The quantitative estimate of drug-likeness (QED) is 0.585. The van der Waals surface area contributed by atoms with Gasteiger partial charge in [0.25, 0.3) is 0 Å². The summed E-state index contributed by atoms with van der Waals surface area (Å²) in [6, 6.07) is 14.1. The molecule has 2 aromatic carbocycles. The lowest BCUT2D eigenvalue weighted by atomic mass is 10.1. The van der Waals surface area contributed by atoms with Crippen molar-refractivity contribution in [1.82, 2.24) is 9.55 Å². The van der Waals surface area contributed by atoms with E-state index in [1.54, 1.807) is 44.8 Å². The Labute approximate surface area is 181 Å². The molecule has 1 aromatic heterocycles. The molecule has 0 spiro atoms. The molecule has 1 amide bonds. The third-order valence-corrected chi connectivity index (χ3v) is 5.08. The smallest absolute Gasteiger partial charge is 0.415 e. The Balaban J connectivity index is 1.69. The second-order valence-electron chi connectivity index (χ2n) is 8.38. The first-order valence-corrected chi connectivity index (χ1v) is 10.1. The first kappa shape index (κ1) is 20.7. The van der Waals surface area contributed by atoms with Gasteiger partial charge in [0.2, 0.25) is 5.78 Å². The highest BCUT2D eigenvalue weighted by atomic mass is 16.6. The fraction of sp³-hybridized carbons (Fsp3) is 0.292. The molecule has 2 heterocycles. The molecule has 1 unspecified atom stereocenters. The van der Waals surface area contributed by atoms with Gasteiger partial charge in [-0.25, -0.2) is 9.78 Å². The van der Waals surface area contributed by atoms with Crippen LogP contribution in [-0.2, 0) is 11.2 Å². The minimum Gasteiger partial charge on any atom is -0.497 e. The second-order valence-corrected chi connectivity index (χ2v) is 8.38. The monoisotopic (exact) mass is 419 g/mol. The highest BCUT2D eigenvalue weighted by Crippen LogP contribution is 2.35. The summed E-state index contributed by atoms with van der Waals surface area (Å²) in [5.41, 5.74) is 1.72. The van der Waals surface area contributed by atoms with Gasteiger partial charge in [-0.15, -0.1) is 0 Å². The standard InChI is InChI=1S/C24H25N3O4/c1-24(2,3)31-23(29)27-19-8-6-5-7-16(19)15-20(27)21(28)22-25-13-14-26(22)17-9-11-18(30-4)12-10-17/h5-14,20H,15H2,1-4H3. The number of hydrogen-bond donors (Lipinski definition) is 0. The summed E-state index contributed by atoms with van der Waals surface area (Å²) in [7, 11) is 1.60. The van der Waals surface area contributed by atoms with E-state index in [0.717, 1.165) is 17.0 Å². The number of benzene rings is 2. The van der Waals surface area contributed by atoms with Crippen molar-refractivity contribution in [3.63, 3.8) is 0 Å². The number of anilines is 1. The van der Waals surface area contributed by atoms with Crippen LogP contribution in [0.3, 0.4) is 0 Å². The average molecular weight is 419 g/mol. The van der Waals surface area contributed by atoms with E-state index in [-0.39, 0.29) is 11.6 Å². The van der Waals surface area contributed by atoms with E-state index in [9.17, 15) is 9.59 Å². The predicted octanol–water partition coefficient (Wildman–Crippen LogP) is 4.43. The highest BCUT2D eigenvalue weighted by Gasteiger charge is 2.42. The van der Waals surface area contributed by atoms with Crippen LogP contribution in [0.4, 0.5) is 10.5 Å². The molecule has 0 aliphatic carbocycles. The van der Waals surface area contributed by atoms with Gasteiger partial charge in [-0.05, 0) is 56.7 Å². The van der Waals surface area contributed by atoms with Crippen molar-refractivity contribution in [2.24, 2.45) is 0 Å². The molecule has 0 radical (unpaired) electrons. The van der Waals surface area contributed by atoms with Crippen molar-refractivity contribution in [2.75, 3.05) is 12.0 Å². The number of methoxy groups -OCH3 is 1. The molecule has 1 aliphatic heterocycles. The average Bonchev–Trinajstić information content (AvgIpc) is 3.37. The maximum atomic E-state index is 13.6. The van der Waals surface area contributed by atoms with Gasteiger partial charge in [-0.1, -0.05) is 18.2 Å². The van der Waals surface area contributed by atoms with Gasteiger partial charge in [0.05, 0.1) is 12.8 Å². The highest BCUT2D eigenvalue weighted by molar-refractivity contribution is 6.07. The van der Waals surface area contributed by atoms with Crippen LogP contribution in [0.25, 0.3) is 5.69 Å². The number of rotatable bonds is 4. The van der Waals surface area contributed by atoms with Gasteiger partial charge in [-0.2, -0.15) is 0 Å². The van der Waals surface area contributed by atoms with E-state index in [0.29, 0.717) is 12.1 Å². The molecule has 31 heavy (non-hydrogen) atoms. The number of fused-ring (bicyclic) bond motifs is 1. The van der Waals surface area contributed by atoms with Gasteiger partial charge in [0.15, 0.2) is 5.82 Å². The van der Waals surface area contributed by atoms with Crippen molar-refractivity contribution in [2.45, 2.75) is 38.8 Å². The molecule has 0 fully saturated rings. The molecule has 0 N–H and O–H groups in total. The molecule has 160 valence electrons. The first-order valence-electron chi connectivity index (χ1n) is 10.1. The maximum Gasteiger partial charge on any atom is 0.415 e. The lowest BCUT2D eigenvalue weighted by Gasteiger charge is -2.28. The van der Waals surface area contributed by atoms with Crippen LogP contribution in [0.1, 0.15) is 37.0 Å². The molecule has 1 atom stereocenters. The fourth-order valence-electron chi connectivity index (χ4n) is 3.72. The normalized spacial score (nSPS) is 15.5. The Kier molecular flexibility index (Phi) is 5.27. The van der Waals surface area contributed by atoms with Crippen LogP contribution in [-0.4, -0.2) is 40.2 Å². The van der Waals surface area contributed by atoms with Gasteiger partial charge in [-0.3, -0.25) is 14.3 Å². The van der Waals surface area contributed by atoms with Crippen LogP contribution in [0, 0.1) is 0 Å². The molecular formula is C24H25N3O4. The Morgan fingerprint density at radius 2 is 1.77 bits per heavy atom. The minimum absolute atomic E-state index is 0.247. The van der Waals surface area contributed by atoms with E-state index in [1.165, 1.54) is 4.90 Å². The number of ether oxygens (including phenoxy) is 2. The zero-order valence-electron chi connectivity index (χ0n) is 18.0. The molecular weight excluding hydrogens is 394 g/mol. The number of ketones is 1. The summed E-state index contributed by atoms with van der Waals surface area (Å²) in [5, 5.41) is 0. The maximum absolute atomic E-state index is 13.6. The van der Waals surface area contributed by atoms with E-state index in [1.807, 2.05) is 48.5 Å². The molecule has 4 rings (SSSR count). The van der Waals surface area contributed by atoms with Gasteiger partial charge >= 0.3 is 6.09 Å². The van der Waals surface area contributed by atoms with Crippen molar-refractivity contribution >= 4 is 17.6 Å². The summed E-state index contributed by atoms with van der Waals surface area (Å²) < 4.78 is 12.5. The number of imidazole rings is 1. The van der Waals surface area contributed by atoms with Gasteiger partial charge < -0.3 is 9.47 Å². The van der Waals surface area contributed by atoms with Crippen LogP contribution < -0.4 is 9.64 Å². The minimum atomic E-state index is -0.730.